The normalized spacial score (nSPS) is 15.8. The number of nitrogens with zero attached hydrogens (tertiary/aromatic N) is 2. The van der Waals surface area contributed by atoms with Gasteiger partial charge < -0.3 is 19.2 Å². The molecule has 0 saturated carbocycles. The molecule has 144 valence electrons. The van der Waals surface area contributed by atoms with Crippen molar-refractivity contribution in [3.05, 3.63) is 65.4 Å². The number of anilines is 1. The van der Waals surface area contributed by atoms with Gasteiger partial charge in [-0.2, -0.15) is 0 Å². The summed E-state index contributed by atoms with van der Waals surface area (Å²) in [6.07, 6.45) is 4.32. The highest BCUT2D eigenvalue weighted by atomic mass is 16.5. The van der Waals surface area contributed by atoms with Crippen molar-refractivity contribution in [3.63, 3.8) is 0 Å². The molecule has 0 amide bonds. The van der Waals surface area contributed by atoms with E-state index in [0.717, 1.165) is 17.0 Å². The minimum absolute atomic E-state index is 0.0348. The second-order valence-electron chi connectivity index (χ2n) is 6.63. The van der Waals surface area contributed by atoms with Crippen molar-refractivity contribution in [2.75, 3.05) is 19.5 Å². The summed E-state index contributed by atoms with van der Waals surface area (Å²) in [5.74, 6) is 2.69. The van der Waals surface area contributed by atoms with Crippen LogP contribution >= 0.6 is 0 Å². The fraction of sp³-hybridized carbons (Fsp3) is 0.286. The van der Waals surface area contributed by atoms with Crippen molar-refractivity contribution in [1.82, 2.24) is 9.97 Å². The molecular weight excluding hydrogens is 358 g/mol. The third-order valence-corrected chi connectivity index (χ3v) is 4.92. The number of ether oxygens (including phenoxy) is 2. The third kappa shape index (κ3) is 3.55. The topological polar surface area (TPSA) is 86.5 Å². The molecule has 0 fully saturated rings. The minimum Gasteiger partial charge on any atom is -0.493 e. The quantitative estimate of drug-likeness (QED) is 0.700. The van der Waals surface area contributed by atoms with Gasteiger partial charge in [-0.1, -0.05) is 6.07 Å². The third-order valence-electron chi connectivity index (χ3n) is 4.92. The number of benzene rings is 1. The minimum atomic E-state index is 0.0348. The highest BCUT2D eigenvalue weighted by Crippen LogP contribution is 2.36. The van der Waals surface area contributed by atoms with Crippen LogP contribution in [-0.4, -0.2) is 30.0 Å². The Morgan fingerprint density at radius 1 is 1.18 bits per heavy atom. The summed E-state index contributed by atoms with van der Waals surface area (Å²) >= 11 is 0. The van der Waals surface area contributed by atoms with Gasteiger partial charge in [0.05, 0.1) is 38.3 Å². The molecule has 0 spiro atoms. The van der Waals surface area contributed by atoms with E-state index in [-0.39, 0.29) is 11.7 Å². The lowest BCUT2D eigenvalue weighted by atomic mass is 9.82. The number of aromatic nitrogens is 2. The van der Waals surface area contributed by atoms with E-state index in [9.17, 15) is 4.79 Å². The van der Waals surface area contributed by atoms with E-state index in [0.29, 0.717) is 42.4 Å². The predicted molar refractivity (Wildman–Crippen MR) is 103 cm³/mol. The molecule has 3 aromatic rings. The van der Waals surface area contributed by atoms with Crippen molar-refractivity contribution in [2.45, 2.75) is 25.3 Å². The number of nitrogens with one attached hydrogen (secondary N) is 1. The van der Waals surface area contributed by atoms with Crippen LogP contribution in [0.15, 0.2) is 47.2 Å². The lowest BCUT2D eigenvalue weighted by Crippen LogP contribution is -2.21. The smallest absolute Gasteiger partial charge is 0.223 e. The number of furan rings is 1. The van der Waals surface area contributed by atoms with Crippen LogP contribution in [0.2, 0.25) is 0 Å². The summed E-state index contributed by atoms with van der Waals surface area (Å²) in [5.41, 5.74) is 2.38. The van der Waals surface area contributed by atoms with Crippen molar-refractivity contribution in [3.8, 4) is 11.5 Å². The summed E-state index contributed by atoms with van der Waals surface area (Å²) in [6, 6.07) is 9.48. The lowest BCUT2D eigenvalue weighted by Gasteiger charge is -2.24. The second-order valence-corrected chi connectivity index (χ2v) is 6.63. The van der Waals surface area contributed by atoms with Crippen LogP contribution in [0.4, 0.5) is 5.95 Å². The molecule has 7 nitrogen and oxygen atoms in total. The maximum Gasteiger partial charge on any atom is 0.223 e. The monoisotopic (exact) mass is 379 g/mol. The number of hydrogen-bond donors (Lipinski definition) is 1. The van der Waals surface area contributed by atoms with E-state index in [1.807, 2.05) is 30.3 Å². The van der Waals surface area contributed by atoms with Crippen molar-refractivity contribution in [2.24, 2.45) is 0 Å². The van der Waals surface area contributed by atoms with Gasteiger partial charge in [0.15, 0.2) is 17.3 Å². The fourth-order valence-electron chi connectivity index (χ4n) is 3.45. The highest BCUT2D eigenvalue weighted by Gasteiger charge is 2.28. The van der Waals surface area contributed by atoms with E-state index < -0.39 is 0 Å². The van der Waals surface area contributed by atoms with Gasteiger partial charge in [0.1, 0.15) is 5.76 Å². The first-order valence-electron chi connectivity index (χ1n) is 9.05. The van der Waals surface area contributed by atoms with Gasteiger partial charge in [0, 0.05) is 12.6 Å². The van der Waals surface area contributed by atoms with Crippen molar-refractivity contribution >= 4 is 11.7 Å². The molecule has 1 aromatic carbocycles. The molecule has 0 radical (unpaired) electrons. The molecule has 0 saturated heterocycles. The van der Waals surface area contributed by atoms with Crippen LogP contribution in [0.5, 0.6) is 11.5 Å². The Morgan fingerprint density at radius 3 is 2.79 bits per heavy atom. The Hall–Kier alpha value is -3.35. The molecule has 7 heteroatoms. The Kier molecular flexibility index (Phi) is 4.97. The molecule has 4 rings (SSSR count). The van der Waals surface area contributed by atoms with E-state index in [2.05, 4.69) is 15.3 Å². The zero-order valence-corrected chi connectivity index (χ0v) is 15.8. The Bertz CT molecular complexity index is 985. The van der Waals surface area contributed by atoms with Crippen LogP contribution < -0.4 is 14.8 Å². The molecule has 28 heavy (non-hydrogen) atoms. The zero-order valence-electron chi connectivity index (χ0n) is 15.8. The van der Waals surface area contributed by atoms with E-state index in [4.69, 9.17) is 13.9 Å². The first-order valence-corrected chi connectivity index (χ1v) is 9.05. The molecule has 1 N–H and O–H groups in total. The van der Waals surface area contributed by atoms with Crippen LogP contribution in [0.3, 0.4) is 0 Å². The lowest BCUT2D eigenvalue weighted by molar-refractivity contribution is 0.0962. The Labute approximate surface area is 162 Å². The van der Waals surface area contributed by atoms with E-state index in [1.54, 1.807) is 26.7 Å². The molecule has 1 aliphatic carbocycles. The van der Waals surface area contributed by atoms with Gasteiger partial charge >= 0.3 is 0 Å². The van der Waals surface area contributed by atoms with E-state index >= 15 is 0 Å². The van der Waals surface area contributed by atoms with Gasteiger partial charge in [-0.15, -0.1) is 0 Å². The highest BCUT2D eigenvalue weighted by molar-refractivity contribution is 5.98. The first-order chi connectivity index (χ1) is 13.7. The largest absolute Gasteiger partial charge is 0.493 e. The molecular formula is C21H21N3O4. The molecule has 1 aliphatic rings. The summed E-state index contributed by atoms with van der Waals surface area (Å²) in [5, 5.41) is 3.14. The number of ketones is 1. The number of fused-ring (bicyclic) bond motifs is 1. The number of hydrogen-bond acceptors (Lipinski definition) is 7. The number of carbonyl (C=O) groups excluding carboxylic acids is 1. The van der Waals surface area contributed by atoms with Gasteiger partial charge in [-0.25, -0.2) is 9.97 Å². The van der Waals surface area contributed by atoms with Gasteiger partial charge in [0.2, 0.25) is 5.95 Å². The second kappa shape index (κ2) is 7.72. The SMILES string of the molecule is COc1ccc([C@H]2CC(=O)c3cnc(NCc4ccco4)nc3C2)cc1OC. The van der Waals surface area contributed by atoms with Crippen LogP contribution in [0, 0.1) is 0 Å². The first kappa shape index (κ1) is 18.0. The maximum absolute atomic E-state index is 12.6. The fourth-order valence-corrected chi connectivity index (χ4v) is 3.45. The number of Topliss-reactive ketones (excluding diaryl/α,β-unsaturated/α-hetero) is 1. The van der Waals surface area contributed by atoms with Crippen LogP contribution in [-0.2, 0) is 13.0 Å². The number of carbonyl (C=O) groups is 1. The molecule has 1 atom stereocenters. The Balaban J connectivity index is 1.56. The molecule has 0 bridgehead atoms. The van der Waals surface area contributed by atoms with Crippen LogP contribution in [0.25, 0.3) is 0 Å². The average Bonchev–Trinajstić information content (AvgIpc) is 3.25. The van der Waals surface area contributed by atoms with Gasteiger partial charge in [0.25, 0.3) is 0 Å². The van der Waals surface area contributed by atoms with Crippen molar-refractivity contribution < 1.29 is 18.7 Å². The van der Waals surface area contributed by atoms with E-state index in [1.165, 1.54) is 0 Å². The van der Waals surface area contributed by atoms with Crippen molar-refractivity contribution in [1.29, 1.82) is 0 Å². The number of rotatable bonds is 6. The Morgan fingerprint density at radius 2 is 2.04 bits per heavy atom. The number of methoxy groups -OCH3 is 2. The summed E-state index contributed by atoms with van der Waals surface area (Å²) in [6.45, 7) is 0.485. The summed E-state index contributed by atoms with van der Waals surface area (Å²) in [4.78, 5) is 21.5. The average molecular weight is 379 g/mol. The standard InChI is InChI=1S/C21H21N3O4/c1-26-19-6-5-13(10-20(19)27-2)14-8-17-16(18(25)9-14)12-23-21(24-17)22-11-15-4-3-7-28-15/h3-7,10,12,14H,8-9,11H2,1-2H3,(H,22,23,24)/t14-/m1/s1. The molecule has 0 aliphatic heterocycles. The summed E-state index contributed by atoms with van der Waals surface area (Å²) < 4.78 is 16.0. The maximum atomic E-state index is 12.6. The predicted octanol–water partition coefficient (Wildman–Crippen LogP) is 3.61. The molecule has 0 unspecified atom stereocenters. The molecule has 2 aromatic heterocycles. The van der Waals surface area contributed by atoms with Crippen LogP contribution in [0.1, 0.15) is 39.7 Å². The molecule has 2 heterocycles. The summed E-state index contributed by atoms with van der Waals surface area (Å²) in [7, 11) is 3.21. The van der Waals surface area contributed by atoms with Gasteiger partial charge in [-0.3, -0.25) is 4.79 Å². The van der Waals surface area contributed by atoms with Gasteiger partial charge in [-0.05, 0) is 42.2 Å². The zero-order chi connectivity index (χ0) is 19.5.